The number of hydrogen-bond donors (Lipinski definition) is 4. The second-order valence-corrected chi connectivity index (χ2v) is 12.4. The normalized spacial score (nSPS) is 34.2. The van der Waals surface area contributed by atoms with Crippen LogP contribution in [0.2, 0.25) is 0 Å². The maximum Gasteiger partial charge on any atom is 0.224 e. The monoisotopic (exact) mass is 500 g/mol. The lowest BCUT2D eigenvalue weighted by Crippen LogP contribution is -2.61. The zero-order valence-electron chi connectivity index (χ0n) is 21.9. The molecule has 2 aromatic rings. The number of rotatable bonds is 8. The molecule has 5 aliphatic carbocycles. The Bertz CT molecular complexity index is 1140. The molecule has 4 bridgehead atoms. The summed E-state index contributed by atoms with van der Waals surface area (Å²) in [5.74, 6) is 3.52. The van der Waals surface area contributed by atoms with Crippen molar-refractivity contribution in [1.29, 1.82) is 5.26 Å². The molecule has 5 atom stereocenters. The second kappa shape index (κ2) is 10.2. The summed E-state index contributed by atoms with van der Waals surface area (Å²) in [5.41, 5.74) is 3.25. The molecule has 0 saturated heterocycles. The van der Waals surface area contributed by atoms with Crippen LogP contribution < -0.4 is 16.0 Å². The van der Waals surface area contributed by atoms with Crippen LogP contribution in [0, 0.1) is 41.4 Å². The molecule has 1 unspecified atom stereocenters. The standard InChI is InChI=1S/C30H40N6O/c1-19-4-2-3-5-21(19)16-32-29-33-17-24(15-31)28(36-29)34-18-30-12-20-10-22(13-30)27(23(11-20)14-30)35-25-6-8-26(37)9-7-25/h2-5,17,20,22-23,25-27,35,37H,6-14,16,18H2,1H3,(H2,32,33,34,36)/t20?,22-,23+,25-,26+,27-,30-. The van der Waals surface area contributed by atoms with Gasteiger partial charge in [0.1, 0.15) is 17.5 Å². The van der Waals surface area contributed by atoms with E-state index < -0.39 is 0 Å². The van der Waals surface area contributed by atoms with Gasteiger partial charge in [-0.2, -0.15) is 10.2 Å². The summed E-state index contributed by atoms with van der Waals surface area (Å²) in [6.45, 7) is 3.64. The van der Waals surface area contributed by atoms with Gasteiger partial charge < -0.3 is 21.1 Å². The van der Waals surface area contributed by atoms with Crippen LogP contribution in [0.5, 0.6) is 0 Å². The smallest absolute Gasteiger partial charge is 0.224 e. The van der Waals surface area contributed by atoms with Crippen molar-refractivity contribution >= 4 is 11.8 Å². The first-order valence-electron chi connectivity index (χ1n) is 14.2. The predicted octanol–water partition coefficient (Wildman–Crippen LogP) is 4.77. The van der Waals surface area contributed by atoms with Crippen molar-refractivity contribution in [2.24, 2.45) is 23.2 Å². The lowest BCUT2D eigenvalue weighted by atomic mass is 9.47. The van der Waals surface area contributed by atoms with Gasteiger partial charge in [0, 0.05) is 25.2 Å². The Balaban J connectivity index is 1.11. The number of benzene rings is 1. The third kappa shape index (κ3) is 5.19. The van der Waals surface area contributed by atoms with E-state index >= 15 is 0 Å². The van der Waals surface area contributed by atoms with Crippen molar-refractivity contribution in [1.82, 2.24) is 15.3 Å². The zero-order valence-corrected chi connectivity index (χ0v) is 21.9. The van der Waals surface area contributed by atoms with E-state index in [9.17, 15) is 10.4 Å². The highest BCUT2D eigenvalue weighted by Gasteiger charge is 2.55. The topological polar surface area (TPSA) is 106 Å². The molecule has 196 valence electrons. The Labute approximate surface area is 220 Å². The summed E-state index contributed by atoms with van der Waals surface area (Å²) in [5, 5.41) is 30.6. The van der Waals surface area contributed by atoms with Crippen LogP contribution in [0.4, 0.5) is 11.8 Å². The van der Waals surface area contributed by atoms with Crippen LogP contribution in [0.25, 0.3) is 0 Å². The number of nitrogens with zero attached hydrogens (tertiary/aromatic N) is 3. The van der Waals surface area contributed by atoms with Crippen molar-refractivity contribution in [3.8, 4) is 6.07 Å². The molecule has 37 heavy (non-hydrogen) atoms. The fraction of sp³-hybridized carbons (Fsp3) is 0.633. The minimum atomic E-state index is -0.0934. The van der Waals surface area contributed by atoms with Gasteiger partial charge in [-0.15, -0.1) is 0 Å². The number of nitriles is 1. The maximum atomic E-state index is 9.90. The molecule has 0 radical (unpaired) electrons. The molecule has 4 N–H and O–H groups in total. The average molecular weight is 501 g/mol. The summed E-state index contributed by atoms with van der Waals surface area (Å²) >= 11 is 0. The highest BCUT2D eigenvalue weighted by Crippen LogP contribution is 2.60. The lowest BCUT2D eigenvalue weighted by molar-refractivity contribution is -0.0737. The van der Waals surface area contributed by atoms with Crippen LogP contribution >= 0.6 is 0 Å². The van der Waals surface area contributed by atoms with E-state index in [4.69, 9.17) is 4.98 Å². The minimum absolute atomic E-state index is 0.0934. The Kier molecular flexibility index (Phi) is 6.81. The highest BCUT2D eigenvalue weighted by atomic mass is 16.3. The fourth-order valence-electron chi connectivity index (χ4n) is 8.13. The Morgan fingerprint density at radius 2 is 1.81 bits per heavy atom. The van der Waals surface area contributed by atoms with E-state index in [1.165, 1.54) is 43.2 Å². The molecule has 5 saturated carbocycles. The van der Waals surface area contributed by atoms with Gasteiger partial charge in [-0.3, -0.25) is 0 Å². The van der Waals surface area contributed by atoms with Gasteiger partial charge >= 0.3 is 0 Å². The van der Waals surface area contributed by atoms with Crippen LogP contribution in [-0.4, -0.2) is 39.8 Å². The summed E-state index contributed by atoms with van der Waals surface area (Å²) in [6, 6.07) is 11.8. The summed E-state index contributed by atoms with van der Waals surface area (Å²) in [6.07, 6.45) is 12.2. The van der Waals surface area contributed by atoms with E-state index in [0.29, 0.717) is 41.4 Å². The molecule has 1 aromatic carbocycles. The average Bonchev–Trinajstić information content (AvgIpc) is 2.90. The van der Waals surface area contributed by atoms with Gasteiger partial charge in [-0.05, 0) is 99.0 Å². The molecule has 1 aromatic heterocycles. The minimum Gasteiger partial charge on any atom is -0.393 e. The number of aliphatic hydroxyl groups is 1. The van der Waals surface area contributed by atoms with Crippen LogP contribution in [0.1, 0.15) is 74.5 Å². The quantitative estimate of drug-likeness (QED) is 0.414. The molecule has 0 amide bonds. The van der Waals surface area contributed by atoms with E-state index in [0.717, 1.165) is 50.0 Å². The number of anilines is 2. The molecule has 7 heteroatoms. The molecule has 5 aliphatic rings. The third-order valence-electron chi connectivity index (χ3n) is 9.76. The number of hydrogen-bond acceptors (Lipinski definition) is 7. The van der Waals surface area contributed by atoms with Crippen molar-refractivity contribution in [2.75, 3.05) is 17.2 Å². The summed E-state index contributed by atoms with van der Waals surface area (Å²) < 4.78 is 0. The van der Waals surface area contributed by atoms with Crippen molar-refractivity contribution < 1.29 is 5.11 Å². The van der Waals surface area contributed by atoms with Gasteiger partial charge in [-0.1, -0.05) is 24.3 Å². The van der Waals surface area contributed by atoms with Gasteiger partial charge in [0.15, 0.2) is 0 Å². The first-order valence-corrected chi connectivity index (χ1v) is 14.2. The first kappa shape index (κ1) is 24.6. The van der Waals surface area contributed by atoms with Crippen LogP contribution in [0.15, 0.2) is 30.5 Å². The summed E-state index contributed by atoms with van der Waals surface area (Å²) in [4.78, 5) is 9.11. The Morgan fingerprint density at radius 1 is 1.05 bits per heavy atom. The molecular weight excluding hydrogens is 460 g/mol. The van der Waals surface area contributed by atoms with Crippen molar-refractivity contribution in [2.45, 2.75) is 89.4 Å². The van der Waals surface area contributed by atoms with Crippen LogP contribution in [0.3, 0.4) is 0 Å². The molecule has 7 rings (SSSR count). The molecule has 7 nitrogen and oxygen atoms in total. The molecule has 0 spiro atoms. The Hall–Kier alpha value is -2.69. The second-order valence-electron chi connectivity index (χ2n) is 12.4. The number of aryl methyl sites for hydroxylation is 1. The predicted molar refractivity (Wildman–Crippen MR) is 145 cm³/mol. The molecule has 0 aliphatic heterocycles. The first-order chi connectivity index (χ1) is 18.0. The van der Waals surface area contributed by atoms with Crippen molar-refractivity contribution in [3.63, 3.8) is 0 Å². The molecular formula is C30H40N6O. The number of nitrogens with one attached hydrogen (secondary N) is 3. The fourth-order valence-corrected chi connectivity index (χ4v) is 8.13. The van der Waals surface area contributed by atoms with E-state index in [1.807, 2.05) is 12.1 Å². The molecule has 1 heterocycles. The van der Waals surface area contributed by atoms with Crippen LogP contribution in [-0.2, 0) is 6.54 Å². The van der Waals surface area contributed by atoms with E-state index in [2.05, 4.69) is 46.1 Å². The highest BCUT2D eigenvalue weighted by molar-refractivity contribution is 5.53. The third-order valence-corrected chi connectivity index (χ3v) is 9.76. The Morgan fingerprint density at radius 3 is 2.54 bits per heavy atom. The van der Waals surface area contributed by atoms with Gasteiger partial charge in [-0.25, -0.2) is 4.98 Å². The lowest BCUT2D eigenvalue weighted by Gasteiger charge is -2.61. The molecule has 5 fully saturated rings. The number of aromatic nitrogens is 2. The zero-order chi connectivity index (χ0) is 25.4. The van der Waals surface area contributed by atoms with Crippen molar-refractivity contribution in [3.05, 3.63) is 47.2 Å². The van der Waals surface area contributed by atoms with Gasteiger partial charge in [0.2, 0.25) is 5.95 Å². The summed E-state index contributed by atoms with van der Waals surface area (Å²) in [7, 11) is 0. The van der Waals surface area contributed by atoms with E-state index in [1.54, 1.807) is 6.20 Å². The van der Waals surface area contributed by atoms with Gasteiger partial charge in [0.05, 0.1) is 12.3 Å². The van der Waals surface area contributed by atoms with E-state index in [-0.39, 0.29) is 6.10 Å². The number of aliphatic hydroxyl groups excluding tert-OH is 1. The SMILES string of the molecule is Cc1ccccc1CNc1ncc(C#N)c(NC[C@]23CC4C[C@H](C2)[C@@H](N[C@H]2CC[C@@H](O)CC2)[C@@H](C4)C3)n1. The largest absolute Gasteiger partial charge is 0.393 e. The van der Waals surface area contributed by atoms with Gasteiger partial charge in [0.25, 0.3) is 0 Å². The maximum absolute atomic E-state index is 9.90.